The van der Waals surface area contributed by atoms with Crippen LogP contribution in [0.4, 0.5) is 22.0 Å². The quantitative estimate of drug-likeness (QED) is 0.805. The van der Waals surface area contributed by atoms with E-state index in [1.165, 1.54) is 6.07 Å². The molecular formula is C15H18F5N. The summed E-state index contributed by atoms with van der Waals surface area (Å²) in [5.41, 5.74) is 0.228. The van der Waals surface area contributed by atoms with Gasteiger partial charge in [-0.2, -0.15) is 13.2 Å². The lowest BCUT2D eigenvalue weighted by molar-refractivity contribution is -0.186. The highest BCUT2D eigenvalue weighted by molar-refractivity contribution is 5.23. The fourth-order valence-corrected chi connectivity index (χ4v) is 3.23. The van der Waals surface area contributed by atoms with Crippen LogP contribution in [0.25, 0.3) is 0 Å². The molecule has 0 saturated heterocycles. The zero-order valence-corrected chi connectivity index (χ0v) is 11.7. The van der Waals surface area contributed by atoms with Crippen LogP contribution >= 0.6 is 0 Å². The van der Waals surface area contributed by atoms with Gasteiger partial charge >= 0.3 is 6.18 Å². The van der Waals surface area contributed by atoms with Crippen LogP contribution in [0.1, 0.15) is 37.3 Å². The van der Waals surface area contributed by atoms with Crippen molar-refractivity contribution in [1.29, 1.82) is 0 Å². The van der Waals surface area contributed by atoms with Crippen molar-refractivity contribution in [3.8, 4) is 0 Å². The van der Waals surface area contributed by atoms with Gasteiger partial charge in [-0.25, -0.2) is 8.78 Å². The maximum Gasteiger partial charge on any atom is 0.391 e. The van der Waals surface area contributed by atoms with Crippen molar-refractivity contribution in [2.24, 2.45) is 11.8 Å². The molecule has 0 aliphatic heterocycles. The Morgan fingerprint density at radius 1 is 1.19 bits per heavy atom. The third-order valence-corrected chi connectivity index (χ3v) is 4.26. The zero-order valence-electron chi connectivity index (χ0n) is 11.7. The molecule has 1 nitrogen and oxygen atoms in total. The first kappa shape index (κ1) is 16.2. The number of nitrogens with one attached hydrogen (secondary N) is 1. The first-order valence-electron chi connectivity index (χ1n) is 7.02. The van der Waals surface area contributed by atoms with E-state index in [1.54, 1.807) is 7.05 Å². The van der Waals surface area contributed by atoms with E-state index in [9.17, 15) is 22.0 Å². The molecule has 0 bridgehead atoms. The molecule has 1 saturated carbocycles. The fraction of sp³-hybridized carbons (Fsp3) is 0.600. The van der Waals surface area contributed by atoms with E-state index in [-0.39, 0.29) is 24.3 Å². The van der Waals surface area contributed by atoms with Gasteiger partial charge in [-0.05, 0) is 38.3 Å². The van der Waals surface area contributed by atoms with Gasteiger partial charge in [0.05, 0.1) is 5.92 Å². The van der Waals surface area contributed by atoms with E-state index in [2.05, 4.69) is 5.32 Å². The van der Waals surface area contributed by atoms with Gasteiger partial charge in [0.2, 0.25) is 0 Å². The third-order valence-electron chi connectivity index (χ3n) is 4.26. The maximum absolute atomic E-state index is 13.9. The summed E-state index contributed by atoms with van der Waals surface area (Å²) >= 11 is 0. The highest BCUT2D eigenvalue weighted by Gasteiger charge is 2.43. The van der Waals surface area contributed by atoms with Crippen molar-refractivity contribution in [3.05, 3.63) is 35.4 Å². The van der Waals surface area contributed by atoms with E-state index in [1.807, 2.05) is 0 Å². The number of benzene rings is 1. The second kappa shape index (κ2) is 6.30. The summed E-state index contributed by atoms with van der Waals surface area (Å²) in [7, 11) is 1.59. The smallest absolute Gasteiger partial charge is 0.313 e. The summed E-state index contributed by atoms with van der Waals surface area (Å²) in [6, 6.07) is 2.68. The van der Waals surface area contributed by atoms with Crippen molar-refractivity contribution in [1.82, 2.24) is 5.32 Å². The standard InChI is InChI=1S/C15H18F5N/c1-21-14(12-6-5-11(16)8-13(12)17)9-3-2-4-10(7-9)15(18,19)20/h5-6,8-10,14,21H,2-4,7H2,1H3. The average Bonchev–Trinajstić information content (AvgIpc) is 2.41. The highest BCUT2D eigenvalue weighted by Crippen LogP contribution is 2.44. The van der Waals surface area contributed by atoms with Crippen LogP contribution in [0, 0.1) is 23.5 Å². The van der Waals surface area contributed by atoms with E-state index in [4.69, 9.17) is 0 Å². The Hall–Kier alpha value is -1.17. The van der Waals surface area contributed by atoms with Crippen LogP contribution in [0.5, 0.6) is 0 Å². The van der Waals surface area contributed by atoms with Crippen molar-refractivity contribution in [2.45, 2.75) is 37.9 Å². The molecule has 1 aliphatic rings. The summed E-state index contributed by atoms with van der Waals surface area (Å²) in [6.07, 6.45) is -3.03. The van der Waals surface area contributed by atoms with Crippen LogP contribution in [-0.4, -0.2) is 13.2 Å². The number of halogens is 5. The minimum atomic E-state index is -4.21. The lowest BCUT2D eigenvalue weighted by atomic mass is 9.75. The molecule has 0 heterocycles. The first-order valence-corrected chi connectivity index (χ1v) is 7.02. The third kappa shape index (κ3) is 3.73. The monoisotopic (exact) mass is 307 g/mol. The molecule has 21 heavy (non-hydrogen) atoms. The molecule has 0 radical (unpaired) electrons. The van der Waals surface area contributed by atoms with E-state index >= 15 is 0 Å². The average molecular weight is 307 g/mol. The molecule has 1 N–H and O–H groups in total. The van der Waals surface area contributed by atoms with Crippen LogP contribution in [0.2, 0.25) is 0 Å². The first-order chi connectivity index (χ1) is 9.82. The fourth-order valence-electron chi connectivity index (χ4n) is 3.23. The summed E-state index contributed by atoms with van der Waals surface area (Å²) in [4.78, 5) is 0. The predicted molar refractivity (Wildman–Crippen MR) is 69.7 cm³/mol. The lowest BCUT2D eigenvalue weighted by Gasteiger charge is -2.35. The second-order valence-electron chi connectivity index (χ2n) is 5.60. The molecular weight excluding hydrogens is 289 g/mol. The van der Waals surface area contributed by atoms with Gasteiger partial charge in [0.25, 0.3) is 0 Å². The van der Waals surface area contributed by atoms with Crippen LogP contribution < -0.4 is 5.32 Å². The minimum absolute atomic E-state index is 0.0220. The van der Waals surface area contributed by atoms with Crippen molar-refractivity contribution in [3.63, 3.8) is 0 Å². The SMILES string of the molecule is CNC(c1ccc(F)cc1F)C1CCCC(C(F)(F)F)C1. The molecule has 1 fully saturated rings. The Morgan fingerprint density at radius 3 is 2.48 bits per heavy atom. The molecule has 2 rings (SSSR count). The Balaban J connectivity index is 2.20. The van der Waals surface area contributed by atoms with Crippen LogP contribution in [0.3, 0.4) is 0 Å². The number of alkyl halides is 3. The van der Waals surface area contributed by atoms with E-state index in [0.717, 1.165) is 12.1 Å². The Bertz CT molecular complexity index is 485. The molecule has 1 aromatic carbocycles. The predicted octanol–water partition coefficient (Wildman–Crippen LogP) is 4.59. The lowest BCUT2D eigenvalue weighted by Crippen LogP contribution is -2.35. The molecule has 3 unspecified atom stereocenters. The topological polar surface area (TPSA) is 12.0 Å². The van der Waals surface area contributed by atoms with Gasteiger partial charge in [0, 0.05) is 17.7 Å². The van der Waals surface area contributed by atoms with Gasteiger partial charge in [-0.1, -0.05) is 12.5 Å². The Kier molecular flexibility index (Phi) is 4.86. The van der Waals surface area contributed by atoms with Crippen molar-refractivity contribution in [2.75, 3.05) is 7.05 Å². The number of hydrogen-bond acceptors (Lipinski definition) is 1. The van der Waals surface area contributed by atoms with Gasteiger partial charge in [0.1, 0.15) is 11.6 Å². The highest BCUT2D eigenvalue weighted by atomic mass is 19.4. The summed E-state index contributed by atoms with van der Waals surface area (Å²) < 4.78 is 65.5. The molecule has 6 heteroatoms. The molecule has 3 atom stereocenters. The van der Waals surface area contributed by atoms with Gasteiger partial charge < -0.3 is 5.32 Å². The number of rotatable bonds is 3. The Labute approximate surface area is 120 Å². The van der Waals surface area contributed by atoms with Crippen molar-refractivity contribution < 1.29 is 22.0 Å². The second-order valence-corrected chi connectivity index (χ2v) is 5.60. The normalized spacial score (nSPS) is 24.9. The number of hydrogen-bond donors (Lipinski definition) is 1. The molecule has 0 spiro atoms. The van der Waals surface area contributed by atoms with Crippen molar-refractivity contribution >= 4 is 0 Å². The van der Waals surface area contributed by atoms with Gasteiger partial charge in [0.15, 0.2) is 0 Å². The van der Waals surface area contributed by atoms with E-state index < -0.39 is 29.8 Å². The summed E-state index contributed by atoms with van der Waals surface area (Å²) in [5, 5.41) is 2.89. The van der Waals surface area contributed by atoms with Crippen LogP contribution in [0.15, 0.2) is 18.2 Å². The Morgan fingerprint density at radius 2 is 1.90 bits per heavy atom. The maximum atomic E-state index is 13.9. The van der Waals surface area contributed by atoms with Gasteiger partial charge in [-0.3, -0.25) is 0 Å². The van der Waals surface area contributed by atoms with E-state index in [0.29, 0.717) is 12.8 Å². The zero-order chi connectivity index (χ0) is 15.6. The summed E-state index contributed by atoms with van der Waals surface area (Å²) in [5.74, 6) is -3.06. The molecule has 0 amide bonds. The molecule has 118 valence electrons. The molecule has 1 aliphatic carbocycles. The minimum Gasteiger partial charge on any atom is -0.313 e. The van der Waals surface area contributed by atoms with Gasteiger partial charge in [-0.15, -0.1) is 0 Å². The largest absolute Gasteiger partial charge is 0.391 e. The molecule has 1 aromatic rings. The molecule has 0 aromatic heterocycles. The van der Waals surface area contributed by atoms with Crippen LogP contribution in [-0.2, 0) is 0 Å². The summed E-state index contributed by atoms with van der Waals surface area (Å²) in [6.45, 7) is 0.